The van der Waals surface area contributed by atoms with E-state index in [1.54, 1.807) is 0 Å². The van der Waals surface area contributed by atoms with E-state index in [1.165, 1.54) is 6.92 Å². The van der Waals surface area contributed by atoms with Gasteiger partial charge in [0.1, 0.15) is 18.2 Å². The molecule has 0 heterocycles. The number of carbonyl (C=O) groups is 3. The van der Waals surface area contributed by atoms with E-state index in [0.29, 0.717) is 0 Å². The number of hydrogen-bond acceptors (Lipinski definition) is 7. The second-order valence-electron chi connectivity index (χ2n) is 11.1. The van der Waals surface area contributed by atoms with Gasteiger partial charge in [0.05, 0.1) is 12.2 Å². The van der Waals surface area contributed by atoms with Crippen LogP contribution in [-0.2, 0) is 23.8 Å². The zero-order chi connectivity index (χ0) is 27.4. The molecule has 37 heavy (non-hydrogen) atoms. The molecule has 0 aliphatic heterocycles. The van der Waals surface area contributed by atoms with E-state index in [4.69, 9.17) is 19.9 Å². The van der Waals surface area contributed by atoms with Gasteiger partial charge in [-0.2, -0.15) is 0 Å². The van der Waals surface area contributed by atoms with Crippen LogP contribution in [0.2, 0.25) is 0 Å². The Kier molecular flexibility index (Phi) is 8.76. The number of fused-ring (bicyclic) bond motifs is 3. The Morgan fingerprint density at radius 3 is 2.00 bits per heavy atom. The van der Waals surface area contributed by atoms with Gasteiger partial charge in [-0.05, 0) is 62.3 Å². The van der Waals surface area contributed by atoms with Crippen LogP contribution in [0.15, 0.2) is 48.5 Å². The number of hydrogen-bond donors (Lipinski definition) is 2. The summed E-state index contributed by atoms with van der Waals surface area (Å²) in [5.41, 5.74) is 8.26. The Morgan fingerprint density at radius 1 is 0.946 bits per heavy atom. The lowest BCUT2D eigenvalue weighted by Gasteiger charge is -2.30. The van der Waals surface area contributed by atoms with Crippen molar-refractivity contribution in [3.8, 4) is 11.1 Å². The number of carbonyl (C=O) groups excluding carboxylic acids is 3. The van der Waals surface area contributed by atoms with Crippen molar-refractivity contribution < 1.29 is 28.6 Å². The highest BCUT2D eigenvalue weighted by Gasteiger charge is 2.40. The Hall–Kier alpha value is -3.23. The first kappa shape index (κ1) is 28.3. The molecule has 0 radical (unpaired) electrons. The summed E-state index contributed by atoms with van der Waals surface area (Å²) in [4.78, 5) is 38.3. The van der Waals surface area contributed by atoms with E-state index in [2.05, 4.69) is 17.4 Å². The number of nitrogens with two attached hydrogens (primary N) is 1. The monoisotopic (exact) mass is 510 g/mol. The van der Waals surface area contributed by atoms with E-state index in [0.717, 1.165) is 22.3 Å². The first-order chi connectivity index (χ1) is 17.3. The number of ether oxygens (including phenoxy) is 3. The molecule has 1 aliphatic carbocycles. The zero-order valence-corrected chi connectivity index (χ0v) is 22.5. The Labute approximate surface area is 218 Å². The van der Waals surface area contributed by atoms with Gasteiger partial charge in [-0.25, -0.2) is 14.4 Å². The molecule has 2 aromatic rings. The van der Waals surface area contributed by atoms with Crippen LogP contribution in [0.3, 0.4) is 0 Å². The van der Waals surface area contributed by atoms with Gasteiger partial charge in [0.25, 0.3) is 0 Å². The number of esters is 2. The lowest BCUT2D eigenvalue weighted by Crippen LogP contribution is -2.55. The van der Waals surface area contributed by atoms with Crippen molar-refractivity contribution in [2.45, 2.75) is 71.1 Å². The van der Waals surface area contributed by atoms with Gasteiger partial charge >= 0.3 is 18.0 Å². The van der Waals surface area contributed by atoms with Crippen LogP contribution < -0.4 is 11.1 Å². The summed E-state index contributed by atoms with van der Waals surface area (Å²) in [6.45, 7) is 10.8. The second kappa shape index (κ2) is 11.4. The first-order valence-corrected chi connectivity index (χ1v) is 12.6. The maximum absolute atomic E-state index is 13.0. The molecule has 8 nitrogen and oxygen atoms in total. The predicted molar refractivity (Wildman–Crippen MR) is 141 cm³/mol. The van der Waals surface area contributed by atoms with E-state index >= 15 is 0 Å². The molecule has 200 valence electrons. The number of rotatable bonds is 9. The molecule has 8 heteroatoms. The molecular formula is C29H38N2O6. The molecule has 3 N–H and O–H groups in total. The molecule has 2 atom stereocenters. The highest BCUT2D eigenvalue weighted by Crippen LogP contribution is 2.44. The Bertz CT molecular complexity index is 1090. The minimum atomic E-state index is -1.49. The quantitative estimate of drug-likeness (QED) is 0.376. The maximum atomic E-state index is 13.0. The molecule has 0 spiro atoms. The fourth-order valence-corrected chi connectivity index (χ4v) is 4.55. The summed E-state index contributed by atoms with van der Waals surface area (Å²) in [6, 6.07) is 14.9. The van der Waals surface area contributed by atoms with Crippen molar-refractivity contribution in [3.63, 3.8) is 0 Å². The van der Waals surface area contributed by atoms with Gasteiger partial charge in [0, 0.05) is 5.92 Å². The van der Waals surface area contributed by atoms with E-state index < -0.39 is 35.2 Å². The average Bonchev–Trinajstić information content (AvgIpc) is 3.13. The van der Waals surface area contributed by atoms with Crippen molar-refractivity contribution in [2.24, 2.45) is 11.7 Å². The van der Waals surface area contributed by atoms with E-state index in [9.17, 15) is 14.4 Å². The third-order valence-electron chi connectivity index (χ3n) is 6.18. The van der Waals surface area contributed by atoms with Crippen molar-refractivity contribution in [1.29, 1.82) is 0 Å². The van der Waals surface area contributed by atoms with E-state index in [-0.39, 0.29) is 31.5 Å². The summed E-state index contributed by atoms with van der Waals surface area (Å²) < 4.78 is 16.2. The smallest absolute Gasteiger partial charge is 0.408 e. The van der Waals surface area contributed by atoms with Crippen LogP contribution in [0.1, 0.15) is 65.0 Å². The topological polar surface area (TPSA) is 117 Å². The summed E-state index contributed by atoms with van der Waals surface area (Å²) in [5.74, 6) is -1.92. The number of amides is 1. The molecule has 0 fully saturated rings. The molecule has 0 aromatic heterocycles. The number of alkyl carbamates (subject to hydrolysis) is 1. The van der Waals surface area contributed by atoms with Crippen molar-refractivity contribution in [1.82, 2.24) is 5.32 Å². The summed E-state index contributed by atoms with van der Waals surface area (Å²) >= 11 is 0. The largest absolute Gasteiger partial charge is 0.449 e. The molecule has 0 saturated heterocycles. The second-order valence-corrected chi connectivity index (χ2v) is 11.1. The van der Waals surface area contributed by atoms with Gasteiger partial charge in [-0.3, -0.25) is 0 Å². The van der Waals surface area contributed by atoms with Crippen LogP contribution in [0.5, 0.6) is 0 Å². The highest BCUT2D eigenvalue weighted by molar-refractivity contribution is 5.94. The lowest BCUT2D eigenvalue weighted by atomic mass is 9.91. The Balaban J connectivity index is 1.66. The molecule has 3 rings (SSSR count). The Morgan fingerprint density at radius 2 is 1.49 bits per heavy atom. The molecule has 1 amide bonds. The SMILES string of the molecule is CC(C)C[C@](C)(NC(=O)OCC1c2ccccc2-c2ccccc21)C(=O)OC(=O)[C@@H](N)COC(C)(C)C. The van der Waals surface area contributed by atoms with Gasteiger partial charge in [-0.1, -0.05) is 62.4 Å². The third kappa shape index (κ3) is 7.17. The van der Waals surface area contributed by atoms with Gasteiger partial charge in [-0.15, -0.1) is 0 Å². The van der Waals surface area contributed by atoms with Gasteiger partial charge < -0.3 is 25.3 Å². The number of nitrogens with one attached hydrogen (secondary N) is 1. The number of benzene rings is 2. The normalized spacial score (nSPS) is 15.4. The van der Waals surface area contributed by atoms with E-state index in [1.807, 2.05) is 71.0 Å². The zero-order valence-electron chi connectivity index (χ0n) is 22.5. The van der Waals surface area contributed by atoms with Crippen molar-refractivity contribution >= 4 is 18.0 Å². The molecule has 1 aliphatic rings. The summed E-state index contributed by atoms with van der Waals surface area (Å²) in [7, 11) is 0. The van der Waals surface area contributed by atoms with Gasteiger partial charge in [0.2, 0.25) is 0 Å². The molecular weight excluding hydrogens is 472 g/mol. The van der Waals surface area contributed by atoms with Crippen LogP contribution in [0.4, 0.5) is 4.79 Å². The van der Waals surface area contributed by atoms with Crippen LogP contribution in [0.25, 0.3) is 11.1 Å². The molecule has 0 bridgehead atoms. The molecule has 0 unspecified atom stereocenters. The molecule has 2 aromatic carbocycles. The van der Waals surface area contributed by atoms with Crippen LogP contribution in [0, 0.1) is 5.92 Å². The predicted octanol–water partition coefficient (Wildman–Crippen LogP) is 4.54. The third-order valence-corrected chi connectivity index (χ3v) is 6.18. The molecule has 0 saturated carbocycles. The lowest BCUT2D eigenvalue weighted by molar-refractivity contribution is -0.166. The van der Waals surface area contributed by atoms with Crippen molar-refractivity contribution in [3.05, 3.63) is 59.7 Å². The van der Waals surface area contributed by atoms with Gasteiger partial charge in [0.15, 0.2) is 0 Å². The standard InChI is InChI=1S/C29H38N2O6/c1-18(2)15-29(6,26(33)37-25(32)24(30)17-36-28(3,4)5)31-27(34)35-16-23-21-13-9-7-11-19(21)20-12-8-10-14-22(20)23/h7-14,18,23-24H,15-17,30H2,1-6H3,(H,31,34)/t24-,29-/m0/s1. The van der Waals surface area contributed by atoms with Crippen LogP contribution >= 0.6 is 0 Å². The minimum Gasteiger partial charge on any atom is -0.449 e. The summed E-state index contributed by atoms with van der Waals surface area (Å²) in [5, 5.41) is 2.64. The fraction of sp³-hybridized carbons (Fsp3) is 0.483. The highest BCUT2D eigenvalue weighted by atomic mass is 16.6. The summed E-state index contributed by atoms with van der Waals surface area (Å²) in [6.07, 6.45) is -0.536. The minimum absolute atomic E-state index is 0.0134. The fourth-order valence-electron chi connectivity index (χ4n) is 4.55. The van der Waals surface area contributed by atoms with Crippen LogP contribution in [-0.4, -0.2) is 48.4 Å². The maximum Gasteiger partial charge on any atom is 0.408 e. The average molecular weight is 511 g/mol. The van der Waals surface area contributed by atoms with Crippen molar-refractivity contribution in [2.75, 3.05) is 13.2 Å². The first-order valence-electron chi connectivity index (χ1n) is 12.6.